The van der Waals surface area contributed by atoms with Crippen molar-refractivity contribution in [3.63, 3.8) is 0 Å². The Morgan fingerprint density at radius 1 is 1.24 bits per heavy atom. The molecule has 6 heteroatoms. The molecule has 0 saturated carbocycles. The minimum atomic E-state index is -0.385. The molecular formula is C15H10FN5. The van der Waals surface area contributed by atoms with E-state index in [1.807, 2.05) is 6.07 Å². The van der Waals surface area contributed by atoms with Crippen LogP contribution < -0.4 is 0 Å². The number of aromatic amines is 1. The number of rotatable bonds is 2. The molecule has 0 aliphatic carbocycles. The molecule has 0 aliphatic rings. The average Bonchev–Trinajstić information content (AvgIpc) is 2.92. The fourth-order valence-corrected chi connectivity index (χ4v) is 2.14. The molecule has 0 bridgehead atoms. The average molecular weight is 279 g/mol. The molecular weight excluding hydrogens is 269 g/mol. The van der Waals surface area contributed by atoms with E-state index in [2.05, 4.69) is 19.9 Å². The van der Waals surface area contributed by atoms with Crippen molar-refractivity contribution in [3.8, 4) is 28.7 Å². The summed E-state index contributed by atoms with van der Waals surface area (Å²) in [7, 11) is 0. The predicted molar refractivity (Wildman–Crippen MR) is 74.5 cm³/mol. The second-order valence-corrected chi connectivity index (χ2v) is 4.48. The lowest BCUT2D eigenvalue weighted by Gasteiger charge is -2.03. The Bertz CT molecular complexity index is 813. The molecule has 0 fully saturated rings. The van der Waals surface area contributed by atoms with E-state index in [1.54, 1.807) is 31.5 Å². The molecule has 102 valence electrons. The van der Waals surface area contributed by atoms with Crippen molar-refractivity contribution < 1.29 is 4.39 Å². The van der Waals surface area contributed by atoms with Gasteiger partial charge in [-0.3, -0.25) is 0 Å². The summed E-state index contributed by atoms with van der Waals surface area (Å²) < 4.78 is 14.0. The van der Waals surface area contributed by atoms with Crippen LogP contribution in [0, 0.1) is 24.1 Å². The normalized spacial score (nSPS) is 10.3. The van der Waals surface area contributed by atoms with Gasteiger partial charge in [-0.2, -0.15) is 5.26 Å². The summed E-state index contributed by atoms with van der Waals surface area (Å²) in [6, 6.07) is 6.79. The lowest BCUT2D eigenvalue weighted by Crippen LogP contribution is -1.90. The maximum Gasteiger partial charge on any atom is 0.167 e. The molecule has 0 atom stereocenters. The van der Waals surface area contributed by atoms with E-state index in [1.165, 1.54) is 12.4 Å². The lowest BCUT2D eigenvalue weighted by atomic mass is 10.1. The Morgan fingerprint density at radius 3 is 2.67 bits per heavy atom. The number of aromatic nitrogens is 4. The topological polar surface area (TPSA) is 78.2 Å². The van der Waals surface area contributed by atoms with Crippen molar-refractivity contribution in [2.45, 2.75) is 6.92 Å². The molecule has 5 nitrogen and oxygen atoms in total. The van der Waals surface area contributed by atoms with Crippen LogP contribution in [0.2, 0.25) is 0 Å². The van der Waals surface area contributed by atoms with Gasteiger partial charge in [0.1, 0.15) is 24.0 Å². The highest BCUT2D eigenvalue weighted by Crippen LogP contribution is 2.28. The predicted octanol–water partition coefficient (Wildman–Crippen LogP) is 2.85. The molecule has 0 radical (unpaired) electrons. The Kier molecular flexibility index (Phi) is 3.16. The van der Waals surface area contributed by atoms with Crippen LogP contribution >= 0.6 is 0 Å². The Balaban J connectivity index is 2.20. The first-order chi connectivity index (χ1) is 10.2. The van der Waals surface area contributed by atoms with Crippen molar-refractivity contribution in [2.24, 2.45) is 0 Å². The SMILES string of the molecule is Cc1cccc(F)c1-c1nc(C#N)c(-c2cncnc2)[nH]1. The molecule has 2 heterocycles. The zero-order valence-electron chi connectivity index (χ0n) is 11.1. The molecule has 21 heavy (non-hydrogen) atoms. The number of hydrogen-bond acceptors (Lipinski definition) is 4. The highest BCUT2D eigenvalue weighted by atomic mass is 19.1. The third kappa shape index (κ3) is 2.25. The van der Waals surface area contributed by atoms with Crippen LogP contribution in [0.1, 0.15) is 11.3 Å². The fourth-order valence-electron chi connectivity index (χ4n) is 2.14. The number of benzene rings is 1. The molecule has 0 amide bonds. The van der Waals surface area contributed by atoms with Crippen LogP contribution in [-0.4, -0.2) is 19.9 Å². The van der Waals surface area contributed by atoms with E-state index in [0.717, 1.165) is 5.56 Å². The summed E-state index contributed by atoms with van der Waals surface area (Å²) in [5.41, 5.74) is 2.39. The zero-order chi connectivity index (χ0) is 14.8. The standard InChI is InChI=1S/C15H10FN5/c1-9-3-2-4-11(16)13(9)15-20-12(5-17)14(21-15)10-6-18-8-19-7-10/h2-4,6-8H,1H3,(H,20,21). The minimum absolute atomic E-state index is 0.183. The van der Waals surface area contributed by atoms with Crippen LogP contribution in [-0.2, 0) is 0 Å². The van der Waals surface area contributed by atoms with Gasteiger partial charge in [0.2, 0.25) is 0 Å². The molecule has 1 N–H and O–H groups in total. The van der Waals surface area contributed by atoms with E-state index < -0.39 is 0 Å². The first kappa shape index (κ1) is 12.9. The third-order valence-electron chi connectivity index (χ3n) is 3.12. The molecule has 0 saturated heterocycles. The van der Waals surface area contributed by atoms with Crippen molar-refractivity contribution in [1.29, 1.82) is 5.26 Å². The van der Waals surface area contributed by atoms with E-state index in [9.17, 15) is 9.65 Å². The van der Waals surface area contributed by atoms with Gasteiger partial charge in [0, 0.05) is 18.0 Å². The van der Waals surface area contributed by atoms with Gasteiger partial charge in [-0.15, -0.1) is 0 Å². The van der Waals surface area contributed by atoms with Crippen molar-refractivity contribution in [2.75, 3.05) is 0 Å². The van der Waals surface area contributed by atoms with Crippen molar-refractivity contribution in [1.82, 2.24) is 19.9 Å². The molecule has 2 aromatic heterocycles. The molecule has 3 aromatic rings. The van der Waals surface area contributed by atoms with Gasteiger partial charge in [0.05, 0.1) is 11.3 Å². The summed E-state index contributed by atoms with van der Waals surface area (Å²) in [4.78, 5) is 15.0. The van der Waals surface area contributed by atoms with Gasteiger partial charge in [-0.05, 0) is 18.6 Å². The second kappa shape index (κ2) is 5.13. The second-order valence-electron chi connectivity index (χ2n) is 4.48. The summed E-state index contributed by atoms with van der Waals surface area (Å²) in [6.07, 6.45) is 4.53. The number of H-pyrrole nitrogens is 1. The van der Waals surface area contributed by atoms with Crippen LogP contribution in [0.15, 0.2) is 36.9 Å². The number of halogens is 1. The largest absolute Gasteiger partial charge is 0.337 e. The van der Waals surface area contributed by atoms with E-state index in [-0.39, 0.29) is 11.5 Å². The van der Waals surface area contributed by atoms with Gasteiger partial charge >= 0.3 is 0 Å². The lowest BCUT2D eigenvalue weighted by molar-refractivity contribution is 0.629. The minimum Gasteiger partial charge on any atom is -0.337 e. The molecule has 3 rings (SSSR count). The maximum atomic E-state index is 14.0. The number of hydrogen-bond donors (Lipinski definition) is 1. The molecule has 0 aliphatic heterocycles. The van der Waals surface area contributed by atoms with Crippen molar-refractivity contribution >= 4 is 0 Å². The van der Waals surface area contributed by atoms with Gasteiger partial charge in [0.25, 0.3) is 0 Å². The monoisotopic (exact) mass is 279 g/mol. The highest BCUT2D eigenvalue weighted by molar-refractivity contribution is 5.70. The van der Waals surface area contributed by atoms with Crippen LogP contribution in [0.5, 0.6) is 0 Å². The van der Waals surface area contributed by atoms with Crippen molar-refractivity contribution in [3.05, 3.63) is 54.0 Å². The van der Waals surface area contributed by atoms with Crippen LogP contribution in [0.4, 0.5) is 4.39 Å². The zero-order valence-corrected chi connectivity index (χ0v) is 11.1. The summed E-state index contributed by atoms with van der Waals surface area (Å²) in [6.45, 7) is 1.79. The fraction of sp³-hybridized carbons (Fsp3) is 0.0667. The van der Waals surface area contributed by atoms with E-state index in [4.69, 9.17) is 0 Å². The van der Waals surface area contributed by atoms with Gasteiger partial charge in [-0.25, -0.2) is 19.3 Å². The Hall–Kier alpha value is -3.07. The Labute approximate surface area is 120 Å². The smallest absolute Gasteiger partial charge is 0.167 e. The van der Waals surface area contributed by atoms with E-state index in [0.29, 0.717) is 22.6 Å². The third-order valence-corrected chi connectivity index (χ3v) is 3.12. The Morgan fingerprint density at radius 2 is 2.00 bits per heavy atom. The quantitative estimate of drug-likeness (QED) is 0.782. The van der Waals surface area contributed by atoms with Gasteiger partial charge < -0.3 is 4.98 Å². The number of nitriles is 1. The van der Waals surface area contributed by atoms with Crippen LogP contribution in [0.25, 0.3) is 22.6 Å². The number of imidazole rings is 1. The molecule has 0 spiro atoms. The van der Waals surface area contributed by atoms with Gasteiger partial charge in [0.15, 0.2) is 5.69 Å². The van der Waals surface area contributed by atoms with Crippen LogP contribution in [0.3, 0.4) is 0 Å². The molecule has 0 unspecified atom stereocenters. The van der Waals surface area contributed by atoms with Gasteiger partial charge in [-0.1, -0.05) is 12.1 Å². The number of nitrogens with zero attached hydrogens (tertiary/aromatic N) is 4. The number of aryl methyl sites for hydroxylation is 1. The number of nitrogens with one attached hydrogen (secondary N) is 1. The highest BCUT2D eigenvalue weighted by Gasteiger charge is 2.17. The maximum absolute atomic E-state index is 14.0. The van der Waals surface area contributed by atoms with E-state index >= 15 is 0 Å². The first-order valence-corrected chi connectivity index (χ1v) is 6.21. The summed E-state index contributed by atoms with van der Waals surface area (Å²) in [5, 5.41) is 9.21. The summed E-state index contributed by atoms with van der Waals surface area (Å²) >= 11 is 0. The molecule has 1 aromatic carbocycles. The first-order valence-electron chi connectivity index (χ1n) is 6.21. The summed E-state index contributed by atoms with van der Waals surface area (Å²) in [5.74, 6) is -0.0647.